The monoisotopic (exact) mass is 462 g/mol. The van der Waals surface area contributed by atoms with E-state index in [2.05, 4.69) is 0 Å². The van der Waals surface area contributed by atoms with Crippen LogP contribution in [0.2, 0.25) is 0 Å². The number of phenolic OH excluding ortho intramolecular Hbond substituents is 3. The summed E-state index contributed by atoms with van der Waals surface area (Å²) in [5, 5.41) is 80.2. The normalized spacial score (nSPS) is 27.5. The fraction of sp³-hybridized carbons (Fsp3) is 0.238. The minimum Gasteiger partial charge on any atom is -0.508 e. The van der Waals surface area contributed by atoms with Crippen molar-refractivity contribution in [1.82, 2.24) is 0 Å². The number of fused-ring (bicyclic) bond motifs is 1. The van der Waals surface area contributed by atoms with E-state index in [1.54, 1.807) is 0 Å². The fourth-order valence-corrected chi connectivity index (χ4v) is 3.68. The van der Waals surface area contributed by atoms with E-state index in [1.807, 2.05) is 0 Å². The Bertz CT molecular complexity index is 1300. The number of aliphatic carboxylic acids is 1. The number of carbonyl (C=O) groups is 1. The van der Waals surface area contributed by atoms with Gasteiger partial charge < -0.3 is 50.0 Å². The van der Waals surface area contributed by atoms with Crippen molar-refractivity contribution >= 4 is 16.9 Å². The zero-order valence-electron chi connectivity index (χ0n) is 16.5. The van der Waals surface area contributed by atoms with E-state index in [-0.39, 0.29) is 11.5 Å². The number of ether oxygens (including phenoxy) is 1. The Balaban J connectivity index is 1.94. The lowest BCUT2D eigenvalue weighted by molar-refractivity contribution is -0.350. The number of aliphatic hydroxyl groups excluding tert-OH is 3. The van der Waals surface area contributed by atoms with Gasteiger partial charge in [-0.25, -0.2) is 4.79 Å². The molecule has 1 fully saturated rings. The zero-order valence-corrected chi connectivity index (χ0v) is 16.5. The molecule has 2 heterocycles. The summed E-state index contributed by atoms with van der Waals surface area (Å²) in [5.74, 6) is -7.22. The zero-order chi connectivity index (χ0) is 24.2. The molecular weight excluding hydrogens is 444 g/mol. The Morgan fingerprint density at radius 3 is 2.18 bits per heavy atom. The van der Waals surface area contributed by atoms with Gasteiger partial charge in [0.1, 0.15) is 40.8 Å². The van der Waals surface area contributed by atoms with Crippen LogP contribution in [0.1, 0.15) is 5.56 Å². The van der Waals surface area contributed by atoms with E-state index >= 15 is 0 Å². The maximum Gasteiger partial charge on any atom is 0.335 e. The van der Waals surface area contributed by atoms with Crippen molar-refractivity contribution in [2.45, 2.75) is 30.2 Å². The first-order valence-electron chi connectivity index (χ1n) is 9.45. The third kappa shape index (κ3) is 3.46. The number of aliphatic hydroxyl groups is 4. The first-order chi connectivity index (χ1) is 15.5. The molecule has 3 aromatic rings. The second-order valence-electron chi connectivity index (χ2n) is 7.52. The third-order valence-corrected chi connectivity index (χ3v) is 5.44. The van der Waals surface area contributed by atoms with Crippen molar-refractivity contribution in [3.63, 3.8) is 0 Å². The molecule has 33 heavy (non-hydrogen) atoms. The van der Waals surface area contributed by atoms with Gasteiger partial charge in [-0.15, -0.1) is 0 Å². The van der Waals surface area contributed by atoms with E-state index in [0.717, 1.165) is 12.1 Å². The lowest BCUT2D eigenvalue weighted by Crippen LogP contribution is -2.64. The first-order valence-corrected chi connectivity index (χ1v) is 9.45. The second-order valence-corrected chi connectivity index (χ2v) is 7.52. The molecule has 0 amide bonds. The van der Waals surface area contributed by atoms with Gasteiger partial charge in [-0.05, 0) is 30.3 Å². The Labute approximate surface area is 183 Å². The molecule has 12 heteroatoms. The summed E-state index contributed by atoms with van der Waals surface area (Å²) in [6.07, 6.45) is -8.95. The van der Waals surface area contributed by atoms with Crippen molar-refractivity contribution in [2.24, 2.45) is 0 Å². The molecule has 0 radical (unpaired) electrons. The van der Waals surface area contributed by atoms with Crippen LogP contribution < -0.4 is 5.43 Å². The van der Waals surface area contributed by atoms with Gasteiger partial charge in [-0.2, -0.15) is 0 Å². The highest BCUT2D eigenvalue weighted by atomic mass is 16.7. The minimum absolute atomic E-state index is 0.0282. The standard InChI is InChI=1S/C21H18O12/c22-8-3-1-7(2-4-8)11-6-10(23)13-12(32-11)5-9(14(24)15(13)25)21(31)19(28)17(27)16(26)18(33-21)20(29)30/h1-6,16-19,22,24-28,31H,(H,29,30)/t16-,17-,18-,19+,21?/m0/s1. The van der Waals surface area contributed by atoms with Crippen LogP contribution in [0.5, 0.6) is 17.2 Å². The van der Waals surface area contributed by atoms with E-state index in [0.29, 0.717) is 5.56 Å². The molecule has 174 valence electrons. The van der Waals surface area contributed by atoms with Gasteiger partial charge in [0.05, 0.1) is 5.56 Å². The number of phenols is 3. The molecule has 2 aromatic carbocycles. The van der Waals surface area contributed by atoms with Gasteiger partial charge in [0.15, 0.2) is 23.0 Å². The van der Waals surface area contributed by atoms with E-state index in [4.69, 9.17) is 9.15 Å². The summed E-state index contributed by atoms with van der Waals surface area (Å²) in [6.45, 7) is 0. The van der Waals surface area contributed by atoms with Crippen molar-refractivity contribution in [2.75, 3.05) is 0 Å². The third-order valence-electron chi connectivity index (χ3n) is 5.44. The molecule has 4 rings (SSSR count). The van der Waals surface area contributed by atoms with Crippen LogP contribution in [0.25, 0.3) is 22.3 Å². The molecule has 0 aliphatic carbocycles. The van der Waals surface area contributed by atoms with E-state index in [1.165, 1.54) is 24.3 Å². The summed E-state index contributed by atoms with van der Waals surface area (Å²) < 4.78 is 10.5. The number of hydrogen-bond acceptors (Lipinski definition) is 11. The molecule has 1 aromatic heterocycles. The summed E-state index contributed by atoms with van der Waals surface area (Å²) >= 11 is 0. The average Bonchev–Trinajstić information content (AvgIpc) is 2.77. The topological polar surface area (TPSA) is 218 Å². The maximum atomic E-state index is 12.6. The number of hydrogen-bond donors (Lipinski definition) is 8. The van der Waals surface area contributed by atoms with Crippen molar-refractivity contribution in [3.8, 4) is 28.6 Å². The van der Waals surface area contributed by atoms with Gasteiger partial charge in [-0.1, -0.05) is 0 Å². The highest BCUT2D eigenvalue weighted by Crippen LogP contribution is 2.46. The van der Waals surface area contributed by atoms with Crippen LogP contribution in [0.3, 0.4) is 0 Å². The number of aromatic hydroxyl groups is 3. The fourth-order valence-electron chi connectivity index (χ4n) is 3.68. The van der Waals surface area contributed by atoms with Crippen molar-refractivity contribution in [1.29, 1.82) is 0 Å². The molecule has 1 unspecified atom stereocenters. The Hall–Kier alpha value is -3.68. The molecule has 0 bridgehead atoms. The number of carboxylic acid groups (broad SMARTS) is 1. The summed E-state index contributed by atoms with van der Waals surface area (Å²) in [4.78, 5) is 24.0. The number of rotatable bonds is 3. The van der Waals surface area contributed by atoms with Gasteiger partial charge in [0.2, 0.25) is 5.79 Å². The molecule has 12 nitrogen and oxygen atoms in total. The maximum absolute atomic E-state index is 12.6. The lowest BCUT2D eigenvalue weighted by Gasteiger charge is -2.44. The SMILES string of the molecule is O=C(O)[C@H]1OC(O)(c2cc3oc(-c4ccc(O)cc4)cc(=O)c3c(O)c2O)[C@H](O)[C@@H](O)[C@@H]1O. The first kappa shape index (κ1) is 22.5. The summed E-state index contributed by atoms with van der Waals surface area (Å²) in [7, 11) is 0. The average molecular weight is 462 g/mol. The Morgan fingerprint density at radius 2 is 1.58 bits per heavy atom. The summed E-state index contributed by atoms with van der Waals surface area (Å²) in [5.41, 5.74) is -1.68. The van der Waals surface area contributed by atoms with Gasteiger partial charge >= 0.3 is 5.97 Å². The van der Waals surface area contributed by atoms with Crippen LogP contribution in [-0.4, -0.2) is 71.2 Å². The molecule has 0 spiro atoms. The summed E-state index contributed by atoms with van der Waals surface area (Å²) in [6, 6.07) is 7.34. The van der Waals surface area contributed by atoms with Crippen molar-refractivity contribution in [3.05, 3.63) is 52.2 Å². The molecule has 1 saturated heterocycles. The Morgan fingerprint density at radius 1 is 0.939 bits per heavy atom. The second kappa shape index (κ2) is 7.72. The van der Waals surface area contributed by atoms with Gasteiger partial charge in [0, 0.05) is 11.6 Å². The molecule has 0 saturated carbocycles. The van der Waals surface area contributed by atoms with Crippen LogP contribution in [-0.2, 0) is 15.3 Å². The van der Waals surface area contributed by atoms with Crippen LogP contribution in [0.4, 0.5) is 0 Å². The van der Waals surface area contributed by atoms with Crippen molar-refractivity contribution < 1.29 is 54.8 Å². The predicted octanol–water partition coefficient (Wildman–Crippen LogP) is -0.712. The van der Waals surface area contributed by atoms with Gasteiger partial charge in [0.25, 0.3) is 0 Å². The van der Waals surface area contributed by atoms with Crippen LogP contribution in [0, 0.1) is 0 Å². The molecule has 1 aliphatic heterocycles. The number of benzene rings is 2. The predicted molar refractivity (Wildman–Crippen MR) is 107 cm³/mol. The molecule has 8 N–H and O–H groups in total. The minimum atomic E-state index is -3.13. The lowest BCUT2D eigenvalue weighted by atomic mass is 9.87. The van der Waals surface area contributed by atoms with E-state index in [9.17, 15) is 50.4 Å². The molecule has 5 atom stereocenters. The Kier molecular flexibility index (Phi) is 5.27. The van der Waals surface area contributed by atoms with Crippen LogP contribution in [0.15, 0.2) is 45.6 Å². The highest BCUT2D eigenvalue weighted by Gasteiger charge is 2.57. The quantitative estimate of drug-likeness (QED) is 0.226. The highest BCUT2D eigenvalue weighted by molar-refractivity contribution is 5.88. The number of carboxylic acids is 1. The largest absolute Gasteiger partial charge is 0.508 e. The smallest absolute Gasteiger partial charge is 0.335 e. The van der Waals surface area contributed by atoms with Crippen LogP contribution >= 0.6 is 0 Å². The molecular formula is C21H18O12. The van der Waals surface area contributed by atoms with E-state index < -0.39 is 69.6 Å². The molecule has 1 aliphatic rings. The van der Waals surface area contributed by atoms with Gasteiger partial charge in [-0.3, -0.25) is 4.79 Å².